The molecule has 3 heterocycles. The van der Waals surface area contributed by atoms with Crippen molar-refractivity contribution >= 4 is 12.0 Å². The van der Waals surface area contributed by atoms with Crippen LogP contribution in [0.5, 0.6) is 5.75 Å². The van der Waals surface area contributed by atoms with Crippen LogP contribution in [-0.2, 0) is 12.8 Å². The summed E-state index contributed by atoms with van der Waals surface area (Å²) in [5.74, 6) is -0.779. The van der Waals surface area contributed by atoms with Crippen LogP contribution in [0.2, 0.25) is 0 Å². The van der Waals surface area contributed by atoms with Gasteiger partial charge < -0.3 is 10.0 Å². The molecule has 6 heteroatoms. The predicted octanol–water partition coefficient (Wildman–Crippen LogP) is 4.63. The summed E-state index contributed by atoms with van der Waals surface area (Å²) in [6, 6.07) is 16.2. The Morgan fingerprint density at radius 1 is 0.914 bits per heavy atom. The maximum atomic E-state index is 13.4. The van der Waals surface area contributed by atoms with E-state index in [9.17, 15) is 14.7 Å². The van der Waals surface area contributed by atoms with Gasteiger partial charge in [-0.2, -0.15) is 0 Å². The van der Waals surface area contributed by atoms with E-state index in [1.807, 2.05) is 0 Å². The molecule has 0 spiro atoms. The summed E-state index contributed by atoms with van der Waals surface area (Å²) < 4.78 is 1.71. The molecule has 0 fully saturated rings. The molecule has 1 N–H and O–H groups in total. The first-order valence-corrected chi connectivity index (χ1v) is 12.0. The first-order chi connectivity index (χ1) is 16.6. The molecule has 1 atom stereocenters. The minimum Gasteiger partial charge on any atom is -0.502 e. The second-order valence-electron chi connectivity index (χ2n) is 9.29. The molecule has 180 valence electrons. The number of carbonyl (C=O) groups excluding carboxylic acids is 1. The van der Waals surface area contributed by atoms with Gasteiger partial charge in [0.25, 0.3) is 5.91 Å². The minimum atomic E-state index is -0.534. The standard InChI is InChI=1S/C28H27N3O3.CH4/c32-23-15-17-30-26(27(23)33)28(34)29-16-6-2-1-3-9-20-10-7-11-21-14-13-19-8-4-5-12-22(19)25(24(20)21)31(30)18-29;/h3-5,7-12,15,17,25,33H,1-2,6,13-14,16,18H2;1H4/b9-3-;/t25-;/m1./s1. The zero-order valence-corrected chi connectivity index (χ0v) is 19.0. The lowest BCUT2D eigenvalue weighted by molar-refractivity contribution is 0.0676. The number of benzene rings is 2. The van der Waals surface area contributed by atoms with Crippen LogP contribution in [0.15, 0.2) is 65.6 Å². The van der Waals surface area contributed by atoms with Crippen LogP contribution in [0.3, 0.4) is 0 Å². The lowest BCUT2D eigenvalue weighted by atomic mass is 9.89. The van der Waals surface area contributed by atoms with Crippen molar-refractivity contribution in [3.05, 3.63) is 105 Å². The molecule has 0 radical (unpaired) electrons. The van der Waals surface area contributed by atoms with Crippen LogP contribution in [0.4, 0.5) is 0 Å². The number of hydrogen-bond donors (Lipinski definition) is 1. The zero-order valence-electron chi connectivity index (χ0n) is 19.0. The second-order valence-corrected chi connectivity index (χ2v) is 9.29. The highest BCUT2D eigenvalue weighted by Gasteiger charge is 2.38. The van der Waals surface area contributed by atoms with Crippen LogP contribution in [0.1, 0.15) is 71.0 Å². The molecule has 2 bridgehead atoms. The van der Waals surface area contributed by atoms with E-state index in [1.165, 1.54) is 33.9 Å². The van der Waals surface area contributed by atoms with Crippen molar-refractivity contribution in [2.45, 2.75) is 45.6 Å². The number of aromatic nitrogens is 1. The minimum absolute atomic E-state index is 0. The lowest BCUT2D eigenvalue weighted by Crippen LogP contribution is -2.55. The molecule has 3 aromatic rings. The zero-order chi connectivity index (χ0) is 23.2. The average Bonchev–Trinajstić information content (AvgIpc) is 3.01. The van der Waals surface area contributed by atoms with Crippen molar-refractivity contribution in [1.29, 1.82) is 0 Å². The molecule has 2 aliphatic heterocycles. The summed E-state index contributed by atoms with van der Waals surface area (Å²) in [7, 11) is 0. The second kappa shape index (κ2) is 9.10. The van der Waals surface area contributed by atoms with Gasteiger partial charge in [0.1, 0.15) is 6.67 Å². The number of amides is 1. The normalized spacial score (nSPS) is 19.7. The molecular formula is C29H31N3O3. The third kappa shape index (κ3) is 3.73. The summed E-state index contributed by atoms with van der Waals surface area (Å²) in [4.78, 5) is 27.5. The number of allylic oxidation sites excluding steroid dienone is 1. The van der Waals surface area contributed by atoms with Gasteiger partial charge in [-0.1, -0.05) is 62.0 Å². The number of nitrogens with zero attached hydrogens (tertiary/aromatic N) is 3. The van der Waals surface area contributed by atoms with Crippen molar-refractivity contribution in [1.82, 2.24) is 9.58 Å². The summed E-state index contributed by atoms with van der Waals surface area (Å²) in [6.45, 7) is 0.958. The average molecular weight is 470 g/mol. The third-order valence-corrected chi connectivity index (χ3v) is 7.30. The molecule has 1 aliphatic carbocycles. The van der Waals surface area contributed by atoms with Gasteiger partial charge in [0, 0.05) is 18.8 Å². The molecule has 3 aliphatic rings. The monoisotopic (exact) mass is 469 g/mol. The highest BCUT2D eigenvalue weighted by Crippen LogP contribution is 2.40. The van der Waals surface area contributed by atoms with E-state index >= 15 is 0 Å². The fraction of sp³-hybridized carbons (Fsp3) is 0.310. The summed E-state index contributed by atoms with van der Waals surface area (Å²) in [5, 5.41) is 12.8. The summed E-state index contributed by atoms with van der Waals surface area (Å²) >= 11 is 0. The fourth-order valence-electron chi connectivity index (χ4n) is 5.63. The Balaban J connectivity index is 0.00000253. The number of carbonyl (C=O) groups is 1. The molecule has 1 amide bonds. The Labute approximate surface area is 205 Å². The van der Waals surface area contributed by atoms with E-state index < -0.39 is 11.2 Å². The van der Waals surface area contributed by atoms with Crippen LogP contribution in [0, 0.1) is 0 Å². The van der Waals surface area contributed by atoms with Gasteiger partial charge in [-0.3, -0.25) is 19.3 Å². The molecular weight excluding hydrogens is 438 g/mol. The van der Waals surface area contributed by atoms with E-state index in [4.69, 9.17) is 0 Å². The summed E-state index contributed by atoms with van der Waals surface area (Å²) in [5.41, 5.74) is 5.67. The van der Waals surface area contributed by atoms with Crippen molar-refractivity contribution in [3.63, 3.8) is 0 Å². The molecule has 2 aromatic carbocycles. The number of aryl methyl sites for hydroxylation is 2. The number of fused-ring (bicyclic) bond motifs is 7. The third-order valence-electron chi connectivity index (χ3n) is 7.30. The summed E-state index contributed by atoms with van der Waals surface area (Å²) in [6.07, 6.45) is 10.7. The lowest BCUT2D eigenvalue weighted by Gasteiger charge is -2.44. The van der Waals surface area contributed by atoms with E-state index in [-0.39, 0.29) is 25.1 Å². The maximum absolute atomic E-state index is 13.4. The molecule has 6 nitrogen and oxygen atoms in total. The first-order valence-electron chi connectivity index (χ1n) is 12.0. The molecule has 6 rings (SSSR count). The number of aromatic hydroxyl groups is 1. The fourth-order valence-corrected chi connectivity index (χ4v) is 5.63. The van der Waals surface area contributed by atoms with Gasteiger partial charge in [0.05, 0.1) is 6.04 Å². The predicted molar refractivity (Wildman–Crippen MR) is 138 cm³/mol. The van der Waals surface area contributed by atoms with Gasteiger partial charge in [0.2, 0.25) is 5.43 Å². The van der Waals surface area contributed by atoms with E-state index in [2.05, 4.69) is 59.6 Å². The molecule has 35 heavy (non-hydrogen) atoms. The molecule has 1 aromatic heterocycles. The molecule has 0 saturated carbocycles. The van der Waals surface area contributed by atoms with Gasteiger partial charge in [-0.25, -0.2) is 0 Å². The van der Waals surface area contributed by atoms with Crippen molar-refractivity contribution in [3.8, 4) is 5.75 Å². The topological polar surface area (TPSA) is 65.8 Å². The quantitative estimate of drug-likeness (QED) is 0.522. The van der Waals surface area contributed by atoms with Gasteiger partial charge in [-0.05, 0) is 59.9 Å². The Hall–Kier alpha value is -3.80. The van der Waals surface area contributed by atoms with E-state index in [0.717, 1.165) is 32.1 Å². The maximum Gasteiger partial charge on any atom is 0.277 e. The van der Waals surface area contributed by atoms with Crippen molar-refractivity contribution < 1.29 is 9.90 Å². The number of pyridine rings is 1. The molecule has 0 unspecified atom stereocenters. The van der Waals surface area contributed by atoms with Gasteiger partial charge in [-0.15, -0.1) is 0 Å². The Bertz CT molecular complexity index is 1370. The van der Waals surface area contributed by atoms with Gasteiger partial charge in [0.15, 0.2) is 11.4 Å². The van der Waals surface area contributed by atoms with E-state index in [0.29, 0.717) is 13.2 Å². The van der Waals surface area contributed by atoms with E-state index in [1.54, 1.807) is 15.8 Å². The number of rotatable bonds is 0. The van der Waals surface area contributed by atoms with Crippen LogP contribution in [-0.4, -0.2) is 33.8 Å². The highest BCUT2D eigenvalue weighted by atomic mass is 16.3. The highest BCUT2D eigenvalue weighted by molar-refractivity contribution is 5.96. The Morgan fingerprint density at radius 2 is 1.71 bits per heavy atom. The van der Waals surface area contributed by atoms with Crippen molar-refractivity contribution in [2.24, 2.45) is 0 Å². The smallest absolute Gasteiger partial charge is 0.277 e. The van der Waals surface area contributed by atoms with Crippen LogP contribution in [0.25, 0.3) is 6.08 Å². The Morgan fingerprint density at radius 3 is 2.60 bits per heavy atom. The van der Waals surface area contributed by atoms with Crippen LogP contribution < -0.4 is 10.4 Å². The van der Waals surface area contributed by atoms with Crippen molar-refractivity contribution in [2.75, 3.05) is 18.2 Å². The SMILES string of the molecule is C.O=C1c2c(O)c(=O)ccn2N2CN1CCCC/C=C\c1cccc3c1[C@H]2c1ccccc1CC3. The largest absolute Gasteiger partial charge is 0.502 e. The first kappa shape index (κ1) is 23.0. The Kier molecular flexibility index (Phi) is 5.97. The molecule has 0 saturated heterocycles. The van der Waals surface area contributed by atoms with Crippen LogP contribution >= 0.6 is 0 Å². The van der Waals surface area contributed by atoms with Gasteiger partial charge >= 0.3 is 0 Å². The number of hydrogen-bond acceptors (Lipinski definition) is 4.